The first-order chi connectivity index (χ1) is 8.16. The monoisotopic (exact) mass is 400 g/mol. The van der Waals surface area contributed by atoms with Crippen LogP contribution in [0.2, 0.25) is 0 Å². The van der Waals surface area contributed by atoms with Crippen molar-refractivity contribution in [1.29, 1.82) is 0 Å². The molecule has 0 aliphatic carbocycles. The zero-order chi connectivity index (χ0) is 12.1. The maximum atomic E-state index is 11.8. The molecule has 0 saturated heterocycles. The van der Waals surface area contributed by atoms with Gasteiger partial charge in [0.2, 0.25) is 0 Å². The maximum absolute atomic E-state index is 11.8. The molecule has 1 unspecified atom stereocenters. The van der Waals surface area contributed by atoms with E-state index in [9.17, 15) is 8.42 Å². The van der Waals surface area contributed by atoms with Gasteiger partial charge >= 0.3 is 78.6 Å². The van der Waals surface area contributed by atoms with Crippen molar-refractivity contribution in [3.63, 3.8) is 0 Å². The number of hydrogen-bond acceptors (Lipinski definition) is 3. The van der Waals surface area contributed by atoms with Crippen LogP contribution in [0, 0.1) is 0 Å². The van der Waals surface area contributed by atoms with Crippen molar-refractivity contribution in [2.45, 2.75) is 0 Å². The summed E-state index contributed by atoms with van der Waals surface area (Å²) in [6, 6.07) is 17.5. The van der Waals surface area contributed by atoms with Gasteiger partial charge in [-0.05, 0) is 17.4 Å². The Morgan fingerprint density at radius 3 is 1.89 bits per heavy atom. The molecule has 0 aliphatic rings. The molecule has 0 aliphatic heterocycles. The predicted molar refractivity (Wildman–Crippen MR) is 77.5 cm³/mol. The van der Waals surface area contributed by atoms with Crippen LogP contribution in [0.15, 0.2) is 60.7 Å². The second-order valence-electron chi connectivity index (χ2n) is 3.32. The third-order valence-electron chi connectivity index (χ3n) is 1.97. The summed E-state index contributed by atoms with van der Waals surface area (Å²) in [6.45, 7) is 0. The van der Waals surface area contributed by atoms with Crippen LogP contribution in [-0.4, -0.2) is 77.3 Å². The van der Waals surface area contributed by atoms with Crippen LogP contribution in [-0.2, 0) is 9.74 Å². The minimum atomic E-state index is -3.56. The summed E-state index contributed by atoms with van der Waals surface area (Å²) in [7, 11) is -3.95. The van der Waals surface area contributed by atoms with Crippen molar-refractivity contribution in [1.82, 2.24) is 0 Å². The van der Waals surface area contributed by atoms with Gasteiger partial charge in [-0.3, -0.25) is 0 Å². The van der Waals surface area contributed by atoms with Gasteiger partial charge in [0, 0.05) is 0 Å². The van der Waals surface area contributed by atoms with E-state index in [-0.39, 0.29) is 68.9 Å². The number of benzene rings is 2. The molecule has 90 valence electrons. The Kier molecular flexibility index (Phi) is 7.50. The third kappa shape index (κ3) is 5.76. The Morgan fingerprint density at radius 1 is 0.833 bits per heavy atom. The van der Waals surface area contributed by atoms with Gasteiger partial charge < -0.3 is 4.18 Å². The van der Waals surface area contributed by atoms with Crippen LogP contribution in [0.4, 0.5) is 0 Å². The van der Waals surface area contributed by atoms with Gasteiger partial charge in [-0.2, -0.15) is 8.42 Å². The quantitative estimate of drug-likeness (QED) is 0.734. The average molecular weight is 400 g/mol. The van der Waals surface area contributed by atoms with Crippen molar-refractivity contribution in [3.05, 3.63) is 60.7 Å². The van der Waals surface area contributed by atoms with Crippen LogP contribution < -0.4 is 9.49 Å². The molecule has 0 fully saturated rings. The van der Waals surface area contributed by atoms with E-state index in [2.05, 4.69) is 0 Å². The second-order valence-corrected chi connectivity index (χ2v) is 7.29. The van der Waals surface area contributed by atoms with E-state index in [0.29, 0.717) is 5.75 Å². The van der Waals surface area contributed by atoms with E-state index >= 15 is 0 Å². The number of rotatable bonds is 4. The molecule has 18 heavy (non-hydrogen) atoms. The fraction of sp³-hybridized carbons (Fsp3) is 0. The van der Waals surface area contributed by atoms with E-state index < -0.39 is 17.5 Å². The number of para-hydroxylation sites is 1. The first-order valence-electron chi connectivity index (χ1n) is 4.98. The molecule has 0 spiro atoms. The molecule has 2 aromatic rings. The van der Waals surface area contributed by atoms with Gasteiger partial charge in [-0.25, -0.2) is 0 Å². The van der Waals surface area contributed by atoms with Crippen molar-refractivity contribution < 1.29 is 12.6 Å². The summed E-state index contributed by atoms with van der Waals surface area (Å²) in [5, 5.41) is 0.739. The molecule has 0 heterocycles. The van der Waals surface area contributed by atoms with E-state index in [1.54, 1.807) is 54.6 Å². The zero-order valence-corrected chi connectivity index (χ0v) is 10.7. The first kappa shape index (κ1) is 16.7. The summed E-state index contributed by atoms with van der Waals surface area (Å²) in [4.78, 5) is 0. The van der Waals surface area contributed by atoms with E-state index in [0.717, 1.165) is 5.30 Å². The molecular weight excluding hydrogens is 388 g/mol. The molecule has 2 rings (SSSR count). The van der Waals surface area contributed by atoms with Crippen LogP contribution in [0.25, 0.3) is 0 Å². The van der Waals surface area contributed by atoms with Crippen LogP contribution in [0.1, 0.15) is 0 Å². The molecular formula is C12H12CsO3PS. The average Bonchev–Trinajstić information content (AvgIpc) is 2.30. The molecule has 0 amide bonds. The third-order valence-corrected chi connectivity index (χ3v) is 4.90. The van der Waals surface area contributed by atoms with E-state index in [4.69, 9.17) is 4.18 Å². The van der Waals surface area contributed by atoms with E-state index in [1.165, 1.54) is 0 Å². The first-order valence-corrected chi connectivity index (χ1v) is 8.11. The molecule has 0 radical (unpaired) electrons. The Morgan fingerprint density at radius 2 is 1.33 bits per heavy atom. The van der Waals surface area contributed by atoms with Crippen molar-refractivity contribution in [3.8, 4) is 5.75 Å². The van der Waals surface area contributed by atoms with Gasteiger partial charge in [0.05, 0.1) is 7.78 Å². The molecule has 0 aromatic heterocycles. The summed E-state index contributed by atoms with van der Waals surface area (Å²) in [6.07, 6.45) is 0. The van der Waals surface area contributed by atoms with E-state index in [1.807, 2.05) is 6.07 Å². The molecule has 1 atom stereocenters. The summed E-state index contributed by atoms with van der Waals surface area (Å²) in [5.41, 5.74) is 0. The standard InChI is InChI=1S/C12H11O3PS.Cs.H/c13-17(14,15-11-7-3-1-4-8-11)16-12-9-5-2-6-10-12;;/h1-10,16H;;. The minimum absolute atomic E-state index is 0. The van der Waals surface area contributed by atoms with Crippen LogP contribution in [0.3, 0.4) is 0 Å². The van der Waals surface area contributed by atoms with Gasteiger partial charge in [0.1, 0.15) is 5.75 Å². The summed E-state index contributed by atoms with van der Waals surface area (Å²) in [5.74, 6) is 0.343. The van der Waals surface area contributed by atoms with Crippen molar-refractivity contribution in [2.75, 3.05) is 0 Å². The van der Waals surface area contributed by atoms with Crippen LogP contribution in [0.5, 0.6) is 5.75 Å². The van der Waals surface area contributed by atoms with Gasteiger partial charge in [-0.15, -0.1) is 0 Å². The SMILES string of the molecule is O=S(=O)(Oc1ccccc1)Pc1ccccc1.[CsH]. The molecule has 3 nitrogen and oxygen atoms in total. The summed E-state index contributed by atoms with van der Waals surface area (Å²) < 4.78 is 28.5. The molecule has 2 aromatic carbocycles. The Bertz CT molecular complexity index is 525. The predicted octanol–water partition coefficient (Wildman–Crippen LogP) is 1.67. The van der Waals surface area contributed by atoms with Crippen molar-refractivity contribution in [2.24, 2.45) is 0 Å². The molecule has 6 heteroatoms. The summed E-state index contributed by atoms with van der Waals surface area (Å²) >= 11 is 0. The second kappa shape index (κ2) is 8.07. The van der Waals surface area contributed by atoms with Gasteiger partial charge in [0.25, 0.3) is 0 Å². The Hall–Kier alpha value is 0.672. The van der Waals surface area contributed by atoms with Gasteiger partial charge in [0.15, 0.2) is 0 Å². The van der Waals surface area contributed by atoms with Crippen LogP contribution >= 0.6 is 7.78 Å². The zero-order valence-electron chi connectivity index (χ0n) is 8.91. The normalized spacial score (nSPS) is 11.1. The Balaban J connectivity index is 0.00000162. The fourth-order valence-electron chi connectivity index (χ4n) is 1.27. The number of hydrogen-bond donors (Lipinski definition) is 0. The van der Waals surface area contributed by atoms with Crippen molar-refractivity contribution >= 4 is 91.7 Å². The van der Waals surface area contributed by atoms with Gasteiger partial charge in [-0.1, -0.05) is 48.5 Å². The Labute approximate surface area is 167 Å². The molecule has 0 saturated carbocycles. The molecule has 0 N–H and O–H groups in total. The topological polar surface area (TPSA) is 43.4 Å². The molecule has 0 bridgehead atoms. The fourth-order valence-corrected chi connectivity index (χ4v) is 3.99.